The molecule has 0 saturated carbocycles. The number of ether oxygens (including phenoxy) is 3. The third kappa shape index (κ3) is 4.81. The Kier molecular flexibility index (Phi) is 6.29. The Morgan fingerprint density at radius 3 is 2.90 bits per heavy atom. The standard InChI is InChI=1S/C23H30N4O4/c28-23(24-9-8-17-4-2-10-30-17)21-7-6-19-20(25-21)5-1-3-16-13-27(26-22(16)19)14-18-15-29-11-12-31-18/h6-7,13,17-18H,1-5,8-12,14-15H2,(H,24,28)/t17-,18+/m1/s1. The van der Waals surface area contributed by atoms with E-state index >= 15 is 0 Å². The molecule has 3 aliphatic rings. The van der Waals surface area contributed by atoms with Crippen molar-refractivity contribution in [3.05, 3.63) is 35.3 Å². The van der Waals surface area contributed by atoms with E-state index in [0.717, 1.165) is 62.1 Å². The molecule has 2 aromatic heterocycles. The van der Waals surface area contributed by atoms with E-state index in [1.165, 1.54) is 5.56 Å². The smallest absolute Gasteiger partial charge is 0.269 e. The summed E-state index contributed by atoms with van der Waals surface area (Å²) < 4.78 is 18.9. The molecule has 4 heterocycles. The molecule has 8 heteroatoms. The Morgan fingerprint density at radius 1 is 1.13 bits per heavy atom. The van der Waals surface area contributed by atoms with Crippen molar-refractivity contribution < 1.29 is 19.0 Å². The predicted octanol–water partition coefficient (Wildman–Crippen LogP) is 2.15. The summed E-state index contributed by atoms with van der Waals surface area (Å²) in [5.41, 5.74) is 4.66. The second-order valence-corrected chi connectivity index (χ2v) is 8.52. The molecule has 1 amide bonds. The number of hydrogen-bond donors (Lipinski definition) is 1. The van der Waals surface area contributed by atoms with E-state index in [2.05, 4.69) is 11.5 Å². The van der Waals surface area contributed by atoms with Gasteiger partial charge in [-0.2, -0.15) is 5.10 Å². The van der Waals surface area contributed by atoms with E-state index < -0.39 is 0 Å². The molecule has 2 saturated heterocycles. The van der Waals surface area contributed by atoms with Gasteiger partial charge in [0.15, 0.2) is 0 Å². The average molecular weight is 427 g/mol. The molecular weight excluding hydrogens is 396 g/mol. The monoisotopic (exact) mass is 426 g/mol. The van der Waals surface area contributed by atoms with Crippen molar-refractivity contribution in [1.29, 1.82) is 0 Å². The Morgan fingerprint density at radius 2 is 2.06 bits per heavy atom. The van der Waals surface area contributed by atoms with Crippen LogP contribution >= 0.6 is 0 Å². The maximum absolute atomic E-state index is 12.6. The maximum Gasteiger partial charge on any atom is 0.269 e. The quantitative estimate of drug-likeness (QED) is 0.762. The number of fused-ring (bicyclic) bond motifs is 3. The van der Waals surface area contributed by atoms with Crippen molar-refractivity contribution in [2.24, 2.45) is 0 Å². The van der Waals surface area contributed by atoms with Gasteiger partial charge in [-0.15, -0.1) is 0 Å². The third-order valence-corrected chi connectivity index (χ3v) is 6.21. The minimum Gasteiger partial charge on any atom is -0.378 e. The molecule has 2 aromatic rings. The number of hydrogen-bond acceptors (Lipinski definition) is 6. The minimum absolute atomic E-state index is 0.0376. The highest BCUT2D eigenvalue weighted by molar-refractivity contribution is 5.92. The van der Waals surface area contributed by atoms with Gasteiger partial charge in [0, 0.05) is 24.9 Å². The number of nitrogens with zero attached hydrogens (tertiary/aromatic N) is 3. The topological polar surface area (TPSA) is 87.5 Å². The van der Waals surface area contributed by atoms with Crippen molar-refractivity contribution in [3.8, 4) is 11.3 Å². The fourth-order valence-electron chi connectivity index (χ4n) is 4.61. The van der Waals surface area contributed by atoms with Gasteiger partial charge in [0.25, 0.3) is 5.91 Å². The lowest BCUT2D eigenvalue weighted by Crippen LogP contribution is -2.32. The second kappa shape index (κ2) is 9.46. The number of carbonyl (C=O) groups excluding carboxylic acids is 1. The van der Waals surface area contributed by atoms with Crippen LogP contribution in [0.4, 0.5) is 0 Å². The molecular formula is C23H30N4O4. The molecule has 2 atom stereocenters. The van der Waals surface area contributed by atoms with Crippen LogP contribution in [0.3, 0.4) is 0 Å². The Bertz CT molecular complexity index is 916. The van der Waals surface area contributed by atoms with Crippen molar-refractivity contribution in [3.63, 3.8) is 0 Å². The summed E-state index contributed by atoms with van der Waals surface area (Å²) >= 11 is 0. The molecule has 0 bridgehead atoms. The molecule has 0 aromatic carbocycles. The number of aryl methyl sites for hydroxylation is 2. The van der Waals surface area contributed by atoms with Gasteiger partial charge >= 0.3 is 0 Å². The summed E-state index contributed by atoms with van der Waals surface area (Å²) in [6.45, 7) is 4.04. The molecule has 5 rings (SSSR count). The first-order valence-corrected chi connectivity index (χ1v) is 11.4. The first-order valence-electron chi connectivity index (χ1n) is 11.4. The highest BCUT2D eigenvalue weighted by Crippen LogP contribution is 2.30. The van der Waals surface area contributed by atoms with Crippen molar-refractivity contribution in [2.75, 3.05) is 33.0 Å². The number of pyridine rings is 1. The van der Waals surface area contributed by atoms with Crippen LogP contribution in [0, 0.1) is 0 Å². The van der Waals surface area contributed by atoms with Crippen LogP contribution in [0.1, 0.15) is 47.4 Å². The van der Waals surface area contributed by atoms with Crippen molar-refractivity contribution in [2.45, 2.75) is 57.3 Å². The van der Waals surface area contributed by atoms with Gasteiger partial charge in [-0.05, 0) is 56.2 Å². The maximum atomic E-state index is 12.6. The summed E-state index contributed by atoms with van der Waals surface area (Å²) in [5.74, 6) is -0.120. The first-order chi connectivity index (χ1) is 15.3. The van der Waals surface area contributed by atoms with Gasteiger partial charge in [0.1, 0.15) is 11.8 Å². The van der Waals surface area contributed by atoms with Gasteiger partial charge in [-0.1, -0.05) is 0 Å². The van der Waals surface area contributed by atoms with Crippen LogP contribution in [0.5, 0.6) is 0 Å². The normalized spacial score (nSPS) is 23.1. The minimum atomic E-state index is -0.120. The number of amides is 1. The second-order valence-electron chi connectivity index (χ2n) is 8.52. The van der Waals surface area contributed by atoms with E-state index in [9.17, 15) is 4.79 Å². The lowest BCUT2D eigenvalue weighted by atomic mass is 10.1. The van der Waals surface area contributed by atoms with Crippen LogP contribution in [0.15, 0.2) is 18.3 Å². The number of aromatic nitrogens is 3. The summed E-state index contributed by atoms with van der Waals surface area (Å²) in [6.07, 6.45) is 8.29. The van der Waals surface area contributed by atoms with E-state index in [1.54, 1.807) is 0 Å². The lowest BCUT2D eigenvalue weighted by molar-refractivity contribution is -0.0946. The predicted molar refractivity (Wildman–Crippen MR) is 114 cm³/mol. The molecule has 0 radical (unpaired) electrons. The number of rotatable bonds is 6. The largest absolute Gasteiger partial charge is 0.378 e. The fraction of sp³-hybridized carbons (Fsp3) is 0.609. The van der Waals surface area contributed by atoms with Crippen molar-refractivity contribution in [1.82, 2.24) is 20.1 Å². The van der Waals surface area contributed by atoms with Gasteiger partial charge in [-0.3, -0.25) is 9.48 Å². The number of nitrogens with one attached hydrogen (secondary N) is 1. The summed E-state index contributed by atoms with van der Waals surface area (Å²) in [6, 6.07) is 3.81. The Hall–Kier alpha value is -2.29. The molecule has 2 fully saturated rings. The van der Waals surface area contributed by atoms with E-state index in [1.807, 2.05) is 16.8 Å². The van der Waals surface area contributed by atoms with Crippen LogP contribution in [-0.4, -0.2) is 65.9 Å². The van der Waals surface area contributed by atoms with Gasteiger partial charge < -0.3 is 19.5 Å². The molecule has 2 aliphatic heterocycles. The van der Waals surface area contributed by atoms with Gasteiger partial charge in [0.2, 0.25) is 0 Å². The molecule has 0 unspecified atom stereocenters. The molecule has 1 N–H and O–H groups in total. The third-order valence-electron chi connectivity index (χ3n) is 6.21. The molecule has 0 spiro atoms. The fourth-order valence-corrected chi connectivity index (χ4v) is 4.61. The zero-order chi connectivity index (χ0) is 21.0. The van der Waals surface area contributed by atoms with E-state index in [4.69, 9.17) is 24.3 Å². The molecule has 8 nitrogen and oxygen atoms in total. The van der Waals surface area contributed by atoms with Crippen molar-refractivity contribution >= 4 is 5.91 Å². The lowest BCUT2D eigenvalue weighted by Gasteiger charge is -2.22. The van der Waals surface area contributed by atoms with E-state index in [-0.39, 0.29) is 18.1 Å². The van der Waals surface area contributed by atoms with Crippen LogP contribution in [0.25, 0.3) is 11.3 Å². The van der Waals surface area contributed by atoms with Gasteiger partial charge in [0.05, 0.1) is 43.9 Å². The molecule has 166 valence electrons. The Balaban J connectivity index is 1.27. The molecule has 1 aliphatic carbocycles. The Labute approximate surface area is 182 Å². The van der Waals surface area contributed by atoms with E-state index in [0.29, 0.717) is 38.6 Å². The summed E-state index contributed by atoms with van der Waals surface area (Å²) in [4.78, 5) is 17.3. The van der Waals surface area contributed by atoms with Crippen LogP contribution in [-0.2, 0) is 33.6 Å². The summed E-state index contributed by atoms with van der Waals surface area (Å²) in [7, 11) is 0. The highest BCUT2D eigenvalue weighted by atomic mass is 16.6. The average Bonchev–Trinajstić information content (AvgIpc) is 3.41. The zero-order valence-electron chi connectivity index (χ0n) is 17.8. The first kappa shape index (κ1) is 20.6. The van der Waals surface area contributed by atoms with Gasteiger partial charge in [-0.25, -0.2) is 4.98 Å². The van der Waals surface area contributed by atoms with Crippen LogP contribution < -0.4 is 5.32 Å². The SMILES string of the molecule is O=C(NCC[C@H]1CCCO1)c1ccc2c(n1)CCCc1cn(C[C@H]3COCCO3)nc1-2. The number of carbonyl (C=O) groups is 1. The summed E-state index contributed by atoms with van der Waals surface area (Å²) in [5, 5.41) is 7.83. The van der Waals surface area contributed by atoms with Crippen LogP contribution in [0.2, 0.25) is 0 Å². The zero-order valence-corrected chi connectivity index (χ0v) is 17.8. The molecule has 31 heavy (non-hydrogen) atoms. The highest BCUT2D eigenvalue weighted by Gasteiger charge is 2.23.